The molecule has 2 nitrogen and oxygen atoms in total. The molecule has 0 bridgehead atoms. The number of fused-ring (bicyclic) bond motifs is 3. The van der Waals surface area contributed by atoms with Crippen LogP contribution in [0.3, 0.4) is 0 Å². The van der Waals surface area contributed by atoms with Crippen LogP contribution in [0, 0.1) is 5.92 Å². The summed E-state index contributed by atoms with van der Waals surface area (Å²) in [5, 5.41) is 0. The van der Waals surface area contributed by atoms with Gasteiger partial charge in [-0.3, -0.25) is 4.79 Å². The molecule has 0 heterocycles. The number of benzene rings is 1. The minimum atomic E-state index is 0.00937. The lowest BCUT2D eigenvalue weighted by Crippen LogP contribution is -2.37. The Bertz CT molecular complexity index is 571. The van der Waals surface area contributed by atoms with Crippen LogP contribution in [-0.4, -0.2) is 12.9 Å². The van der Waals surface area contributed by atoms with Gasteiger partial charge < -0.3 is 4.74 Å². The molecule has 0 radical (unpaired) electrons. The second-order valence-corrected chi connectivity index (χ2v) is 6.00. The van der Waals surface area contributed by atoms with E-state index in [1.807, 2.05) is 18.2 Å². The Morgan fingerprint density at radius 3 is 2.89 bits per heavy atom. The van der Waals surface area contributed by atoms with Gasteiger partial charge >= 0.3 is 0 Å². The first kappa shape index (κ1) is 12.5. The lowest BCUT2D eigenvalue weighted by Gasteiger charge is -2.43. The largest absolute Gasteiger partial charge is 0.497 e. The van der Waals surface area contributed by atoms with Crippen molar-refractivity contribution >= 4 is 5.78 Å². The van der Waals surface area contributed by atoms with Gasteiger partial charge in [0.1, 0.15) is 5.75 Å². The average Bonchev–Trinajstić information content (AvgIpc) is 2.41. The van der Waals surface area contributed by atoms with Crippen LogP contribution < -0.4 is 4.74 Å². The third-order valence-corrected chi connectivity index (χ3v) is 4.86. The van der Waals surface area contributed by atoms with E-state index in [0.717, 1.165) is 23.3 Å². The Morgan fingerprint density at radius 2 is 2.16 bits per heavy atom. The Balaban J connectivity index is 2.21. The fourth-order valence-electron chi connectivity index (χ4n) is 3.74. The highest BCUT2D eigenvalue weighted by molar-refractivity contribution is 6.08. The molecule has 1 fully saturated rings. The van der Waals surface area contributed by atoms with Crippen molar-refractivity contribution in [1.82, 2.24) is 0 Å². The lowest BCUT2D eigenvalue weighted by atomic mass is 9.60. The zero-order valence-electron chi connectivity index (χ0n) is 11.8. The number of ether oxygens (including phenoxy) is 1. The van der Waals surface area contributed by atoms with Crippen LogP contribution in [0.1, 0.15) is 49.0 Å². The van der Waals surface area contributed by atoms with Crippen molar-refractivity contribution in [2.24, 2.45) is 5.92 Å². The van der Waals surface area contributed by atoms with Crippen molar-refractivity contribution in [3.05, 3.63) is 41.0 Å². The van der Waals surface area contributed by atoms with E-state index in [1.165, 1.54) is 18.4 Å². The number of allylic oxidation sites excluding steroid dienone is 2. The van der Waals surface area contributed by atoms with E-state index < -0.39 is 0 Å². The van der Waals surface area contributed by atoms with Gasteiger partial charge in [-0.2, -0.15) is 0 Å². The van der Waals surface area contributed by atoms with Crippen LogP contribution in [0.25, 0.3) is 0 Å². The summed E-state index contributed by atoms with van der Waals surface area (Å²) in [6, 6.07) is 5.84. The number of rotatable bonds is 1. The van der Waals surface area contributed by atoms with Crippen LogP contribution in [0.15, 0.2) is 29.8 Å². The second kappa shape index (κ2) is 4.22. The van der Waals surface area contributed by atoms with Crippen LogP contribution in [0.4, 0.5) is 0 Å². The maximum atomic E-state index is 12.3. The molecule has 3 rings (SSSR count). The Hall–Kier alpha value is -1.57. The van der Waals surface area contributed by atoms with Crippen molar-refractivity contribution < 1.29 is 9.53 Å². The van der Waals surface area contributed by atoms with Gasteiger partial charge in [0, 0.05) is 11.0 Å². The molecule has 0 N–H and O–H groups in total. The summed E-state index contributed by atoms with van der Waals surface area (Å²) in [7, 11) is 1.68. The minimum Gasteiger partial charge on any atom is -0.497 e. The van der Waals surface area contributed by atoms with Gasteiger partial charge in [0.05, 0.1) is 7.11 Å². The summed E-state index contributed by atoms with van der Waals surface area (Å²) in [5.41, 5.74) is 3.32. The lowest BCUT2D eigenvalue weighted by molar-refractivity contribution is 0.103. The van der Waals surface area contributed by atoms with Gasteiger partial charge in [0.25, 0.3) is 0 Å². The maximum Gasteiger partial charge on any atom is 0.186 e. The molecule has 1 aromatic rings. The van der Waals surface area contributed by atoms with E-state index in [2.05, 4.69) is 19.9 Å². The molecule has 0 saturated heterocycles. The van der Waals surface area contributed by atoms with Crippen LogP contribution in [-0.2, 0) is 5.41 Å². The molecular formula is C17H20O2. The normalized spacial score (nSPS) is 29.3. The molecule has 0 aliphatic heterocycles. The molecule has 2 aliphatic carbocycles. The summed E-state index contributed by atoms with van der Waals surface area (Å²) >= 11 is 0. The number of hydrogen-bond acceptors (Lipinski definition) is 2. The molecule has 2 aliphatic rings. The number of ketones is 1. The van der Waals surface area contributed by atoms with E-state index in [9.17, 15) is 4.79 Å². The van der Waals surface area contributed by atoms with Crippen molar-refractivity contribution in [2.45, 2.75) is 38.5 Å². The van der Waals surface area contributed by atoms with E-state index in [1.54, 1.807) is 7.11 Å². The number of methoxy groups -OCH3 is 1. The van der Waals surface area contributed by atoms with Crippen LogP contribution in [0.2, 0.25) is 0 Å². The fourth-order valence-corrected chi connectivity index (χ4v) is 3.74. The smallest absolute Gasteiger partial charge is 0.186 e. The molecule has 2 atom stereocenters. The second-order valence-electron chi connectivity index (χ2n) is 6.00. The topological polar surface area (TPSA) is 26.3 Å². The van der Waals surface area contributed by atoms with Crippen molar-refractivity contribution in [3.63, 3.8) is 0 Å². The number of hydrogen-bond donors (Lipinski definition) is 0. The van der Waals surface area contributed by atoms with Crippen molar-refractivity contribution in [1.29, 1.82) is 0 Å². The highest BCUT2D eigenvalue weighted by atomic mass is 16.5. The minimum absolute atomic E-state index is 0.00937. The van der Waals surface area contributed by atoms with E-state index >= 15 is 0 Å². The molecule has 100 valence electrons. The molecule has 0 amide bonds. The maximum absolute atomic E-state index is 12.3. The van der Waals surface area contributed by atoms with Gasteiger partial charge in [0.2, 0.25) is 0 Å². The standard InChI is InChI=1S/C17H20O2/c1-11-5-4-8-17(2)14(11)10-16(18)13-7-6-12(19-3)9-15(13)17/h6-7,9-11H,4-5,8H2,1-3H3/t11-,17-/m0/s1. The first-order chi connectivity index (χ1) is 9.06. The third-order valence-electron chi connectivity index (χ3n) is 4.86. The quantitative estimate of drug-likeness (QED) is 0.762. The van der Waals surface area contributed by atoms with Crippen LogP contribution in [0.5, 0.6) is 5.75 Å². The van der Waals surface area contributed by atoms with Gasteiger partial charge in [-0.05, 0) is 48.6 Å². The van der Waals surface area contributed by atoms with E-state index in [4.69, 9.17) is 4.74 Å². The summed E-state index contributed by atoms with van der Waals surface area (Å²) in [6.45, 7) is 4.51. The van der Waals surface area contributed by atoms with E-state index in [-0.39, 0.29) is 11.2 Å². The molecule has 0 spiro atoms. The van der Waals surface area contributed by atoms with Crippen molar-refractivity contribution in [2.75, 3.05) is 7.11 Å². The van der Waals surface area contributed by atoms with Crippen LogP contribution >= 0.6 is 0 Å². The Morgan fingerprint density at radius 1 is 1.37 bits per heavy atom. The molecule has 0 unspecified atom stereocenters. The SMILES string of the molecule is COc1ccc2c(c1)[C@@]1(C)CCC[C@H](C)C1=CC2=O. The van der Waals surface area contributed by atoms with Gasteiger partial charge in [-0.25, -0.2) is 0 Å². The first-order valence-corrected chi connectivity index (χ1v) is 7.01. The highest BCUT2D eigenvalue weighted by Gasteiger charge is 2.42. The number of carbonyl (C=O) groups excluding carboxylic acids is 1. The Labute approximate surface area is 114 Å². The zero-order valence-corrected chi connectivity index (χ0v) is 11.8. The summed E-state index contributed by atoms with van der Waals surface area (Å²) in [6.07, 6.45) is 5.42. The fraction of sp³-hybridized carbons (Fsp3) is 0.471. The van der Waals surface area contributed by atoms with Gasteiger partial charge in [0.15, 0.2) is 5.78 Å². The van der Waals surface area contributed by atoms with Crippen molar-refractivity contribution in [3.8, 4) is 5.75 Å². The summed E-state index contributed by atoms with van der Waals surface area (Å²) < 4.78 is 5.34. The molecule has 1 saturated carbocycles. The predicted molar refractivity (Wildman–Crippen MR) is 75.8 cm³/mol. The molecule has 1 aromatic carbocycles. The average molecular weight is 256 g/mol. The monoisotopic (exact) mass is 256 g/mol. The highest BCUT2D eigenvalue weighted by Crippen LogP contribution is 2.49. The predicted octanol–water partition coefficient (Wildman–Crippen LogP) is 3.90. The first-order valence-electron chi connectivity index (χ1n) is 7.01. The van der Waals surface area contributed by atoms with Gasteiger partial charge in [-0.1, -0.05) is 25.8 Å². The van der Waals surface area contributed by atoms with E-state index in [0.29, 0.717) is 5.92 Å². The number of carbonyl (C=O) groups is 1. The summed E-state index contributed by atoms with van der Waals surface area (Å²) in [5.74, 6) is 1.49. The third kappa shape index (κ3) is 1.73. The molecule has 0 aromatic heterocycles. The molecule has 19 heavy (non-hydrogen) atoms. The summed E-state index contributed by atoms with van der Waals surface area (Å²) in [4.78, 5) is 12.3. The zero-order chi connectivity index (χ0) is 13.6. The van der Waals surface area contributed by atoms with Gasteiger partial charge in [-0.15, -0.1) is 0 Å². The molecular weight excluding hydrogens is 236 g/mol. The molecule has 2 heteroatoms. The Kier molecular flexibility index (Phi) is 2.77.